The number of benzene rings is 1. The summed E-state index contributed by atoms with van der Waals surface area (Å²) in [5, 5.41) is 11.2. The minimum Gasteiger partial charge on any atom is -0.496 e. The summed E-state index contributed by atoms with van der Waals surface area (Å²) < 4.78 is 5.16. The Bertz CT molecular complexity index is 570. The molecule has 0 unspecified atom stereocenters. The van der Waals surface area contributed by atoms with E-state index in [-0.39, 0.29) is 24.4 Å². The number of nitrogens with one attached hydrogen (secondary N) is 1. The van der Waals surface area contributed by atoms with E-state index < -0.39 is 12.0 Å². The van der Waals surface area contributed by atoms with Crippen LogP contribution in [0.2, 0.25) is 0 Å². The van der Waals surface area contributed by atoms with Gasteiger partial charge in [-0.15, -0.1) is 0 Å². The molecule has 1 aliphatic rings. The number of amides is 3. The Hall–Kier alpha value is -2.57. The number of hydrogen-bond acceptors (Lipinski definition) is 4. The highest BCUT2D eigenvalue weighted by molar-refractivity contribution is 5.96. The monoisotopic (exact) mass is 278 g/mol. The third-order valence-electron chi connectivity index (χ3n) is 3.03. The number of carboxylic acid groups (broad SMARTS) is 1. The SMILES string of the molecule is COc1ccc(C(=O)O)cc1CN1CCC(=O)NC1=O. The van der Waals surface area contributed by atoms with E-state index in [0.29, 0.717) is 17.9 Å². The Morgan fingerprint density at radius 3 is 2.80 bits per heavy atom. The molecule has 7 nitrogen and oxygen atoms in total. The van der Waals surface area contributed by atoms with Crippen molar-refractivity contribution in [2.45, 2.75) is 13.0 Å². The first kappa shape index (κ1) is 13.9. The van der Waals surface area contributed by atoms with E-state index in [4.69, 9.17) is 9.84 Å². The fourth-order valence-electron chi connectivity index (χ4n) is 1.99. The normalized spacial score (nSPS) is 14.9. The van der Waals surface area contributed by atoms with Crippen molar-refractivity contribution in [2.24, 2.45) is 0 Å². The van der Waals surface area contributed by atoms with Crippen LogP contribution in [0.4, 0.5) is 4.79 Å². The predicted octanol–water partition coefficient (Wildman–Crippen LogP) is 0.835. The van der Waals surface area contributed by atoms with Crippen LogP contribution in [0.3, 0.4) is 0 Å². The minimum absolute atomic E-state index is 0.120. The van der Waals surface area contributed by atoms with Crippen LogP contribution in [0.5, 0.6) is 5.75 Å². The third-order valence-corrected chi connectivity index (χ3v) is 3.03. The van der Waals surface area contributed by atoms with Crippen molar-refractivity contribution >= 4 is 17.9 Å². The molecule has 0 saturated carbocycles. The molecule has 2 rings (SSSR count). The second kappa shape index (κ2) is 5.60. The second-order valence-electron chi connectivity index (χ2n) is 4.36. The predicted molar refractivity (Wildman–Crippen MR) is 68.5 cm³/mol. The molecule has 3 amide bonds. The van der Waals surface area contributed by atoms with E-state index in [2.05, 4.69) is 5.32 Å². The van der Waals surface area contributed by atoms with Gasteiger partial charge in [-0.1, -0.05) is 0 Å². The average Bonchev–Trinajstić information content (AvgIpc) is 2.41. The van der Waals surface area contributed by atoms with Crippen LogP contribution in [0.25, 0.3) is 0 Å². The van der Waals surface area contributed by atoms with Gasteiger partial charge in [-0.05, 0) is 18.2 Å². The van der Waals surface area contributed by atoms with Crippen LogP contribution in [0, 0.1) is 0 Å². The molecule has 1 aromatic rings. The molecule has 1 aromatic carbocycles. The van der Waals surface area contributed by atoms with E-state index >= 15 is 0 Å². The maximum Gasteiger partial charge on any atom is 0.335 e. The smallest absolute Gasteiger partial charge is 0.335 e. The van der Waals surface area contributed by atoms with E-state index in [9.17, 15) is 14.4 Å². The number of aromatic carboxylic acids is 1. The van der Waals surface area contributed by atoms with Gasteiger partial charge in [0.1, 0.15) is 5.75 Å². The molecule has 0 aromatic heterocycles. The molecule has 1 heterocycles. The van der Waals surface area contributed by atoms with Gasteiger partial charge in [0.2, 0.25) is 5.91 Å². The number of carboxylic acids is 1. The largest absolute Gasteiger partial charge is 0.496 e. The van der Waals surface area contributed by atoms with Crippen molar-refractivity contribution in [1.29, 1.82) is 0 Å². The van der Waals surface area contributed by atoms with Crippen LogP contribution in [-0.4, -0.2) is 41.6 Å². The summed E-state index contributed by atoms with van der Waals surface area (Å²) in [6, 6.07) is 3.96. The number of nitrogens with zero attached hydrogens (tertiary/aromatic N) is 1. The summed E-state index contributed by atoms with van der Waals surface area (Å²) >= 11 is 0. The second-order valence-corrected chi connectivity index (χ2v) is 4.36. The van der Waals surface area contributed by atoms with Crippen molar-refractivity contribution in [1.82, 2.24) is 10.2 Å². The van der Waals surface area contributed by atoms with E-state index in [1.807, 2.05) is 0 Å². The summed E-state index contributed by atoms with van der Waals surface area (Å²) in [6.45, 7) is 0.481. The van der Waals surface area contributed by atoms with Gasteiger partial charge in [-0.3, -0.25) is 10.1 Å². The lowest BCUT2D eigenvalue weighted by Gasteiger charge is -2.27. The first-order valence-corrected chi connectivity index (χ1v) is 6.00. The third kappa shape index (κ3) is 2.87. The Morgan fingerprint density at radius 1 is 1.45 bits per heavy atom. The molecular formula is C13H14N2O5. The molecule has 20 heavy (non-hydrogen) atoms. The Morgan fingerprint density at radius 2 is 2.20 bits per heavy atom. The van der Waals surface area contributed by atoms with E-state index in [0.717, 1.165) is 0 Å². The first-order chi connectivity index (χ1) is 9.51. The van der Waals surface area contributed by atoms with Crippen LogP contribution in [0.15, 0.2) is 18.2 Å². The molecule has 0 spiro atoms. The number of carbonyl (C=O) groups excluding carboxylic acids is 2. The van der Waals surface area contributed by atoms with Gasteiger partial charge in [0, 0.05) is 18.5 Å². The van der Waals surface area contributed by atoms with Gasteiger partial charge in [-0.2, -0.15) is 0 Å². The summed E-state index contributed by atoms with van der Waals surface area (Å²) in [6.07, 6.45) is 0.229. The standard InChI is InChI=1S/C13H14N2O5/c1-20-10-3-2-8(12(17)18)6-9(10)7-15-5-4-11(16)14-13(15)19/h2-3,6H,4-5,7H2,1H3,(H,17,18)(H,14,16,19). The lowest BCUT2D eigenvalue weighted by Crippen LogP contribution is -2.48. The number of carbonyl (C=O) groups is 3. The molecule has 1 aliphatic heterocycles. The highest BCUT2D eigenvalue weighted by Crippen LogP contribution is 2.22. The topological polar surface area (TPSA) is 95.9 Å². The summed E-state index contributed by atoms with van der Waals surface area (Å²) in [4.78, 5) is 35.2. The van der Waals surface area contributed by atoms with Crippen molar-refractivity contribution < 1.29 is 24.2 Å². The molecule has 1 fully saturated rings. The zero-order valence-electron chi connectivity index (χ0n) is 10.9. The molecule has 0 atom stereocenters. The maximum absolute atomic E-state index is 11.7. The van der Waals surface area contributed by atoms with E-state index in [1.165, 1.54) is 24.1 Å². The molecule has 0 radical (unpaired) electrons. The number of urea groups is 1. The zero-order valence-corrected chi connectivity index (χ0v) is 10.9. The van der Waals surface area contributed by atoms with Gasteiger partial charge in [-0.25, -0.2) is 9.59 Å². The fraction of sp³-hybridized carbons (Fsp3) is 0.308. The molecule has 7 heteroatoms. The number of ether oxygens (including phenoxy) is 1. The first-order valence-electron chi connectivity index (χ1n) is 6.00. The molecule has 0 bridgehead atoms. The number of rotatable bonds is 4. The number of imide groups is 1. The van der Waals surface area contributed by atoms with Crippen molar-refractivity contribution in [2.75, 3.05) is 13.7 Å². The van der Waals surface area contributed by atoms with Crippen LogP contribution >= 0.6 is 0 Å². The number of hydrogen-bond donors (Lipinski definition) is 2. The minimum atomic E-state index is -1.05. The molecule has 1 saturated heterocycles. The maximum atomic E-state index is 11.7. The van der Waals surface area contributed by atoms with Gasteiger partial charge < -0.3 is 14.7 Å². The quantitative estimate of drug-likeness (QED) is 0.850. The van der Waals surface area contributed by atoms with Crippen molar-refractivity contribution in [3.05, 3.63) is 29.3 Å². The lowest BCUT2D eigenvalue weighted by atomic mass is 10.1. The molecular weight excluding hydrogens is 264 g/mol. The van der Waals surface area contributed by atoms with E-state index in [1.54, 1.807) is 6.07 Å². The van der Waals surface area contributed by atoms with Gasteiger partial charge >= 0.3 is 12.0 Å². The van der Waals surface area contributed by atoms with Gasteiger partial charge in [0.15, 0.2) is 0 Å². The van der Waals surface area contributed by atoms with Crippen molar-refractivity contribution in [3.63, 3.8) is 0 Å². The van der Waals surface area contributed by atoms with Crippen LogP contribution in [-0.2, 0) is 11.3 Å². The Labute approximate surface area is 115 Å². The van der Waals surface area contributed by atoms with Crippen LogP contribution < -0.4 is 10.1 Å². The van der Waals surface area contributed by atoms with Gasteiger partial charge in [0.05, 0.1) is 19.2 Å². The summed E-state index contributed by atoms with van der Waals surface area (Å²) in [5.74, 6) is -0.857. The number of methoxy groups -OCH3 is 1. The molecule has 106 valence electrons. The highest BCUT2D eigenvalue weighted by Gasteiger charge is 2.24. The summed E-state index contributed by atoms with van der Waals surface area (Å²) in [7, 11) is 1.47. The zero-order chi connectivity index (χ0) is 14.7. The average molecular weight is 278 g/mol. The van der Waals surface area contributed by atoms with Crippen LogP contribution in [0.1, 0.15) is 22.3 Å². The van der Waals surface area contributed by atoms with Crippen molar-refractivity contribution in [3.8, 4) is 5.75 Å². The molecule has 0 aliphatic carbocycles. The fourth-order valence-corrected chi connectivity index (χ4v) is 1.99. The van der Waals surface area contributed by atoms with Gasteiger partial charge in [0.25, 0.3) is 0 Å². The lowest BCUT2D eigenvalue weighted by molar-refractivity contribution is -0.121. The highest BCUT2D eigenvalue weighted by atomic mass is 16.5. The Kier molecular flexibility index (Phi) is 3.88. The Balaban J connectivity index is 2.23. The summed E-state index contributed by atoms with van der Waals surface area (Å²) in [5.41, 5.74) is 0.700. The molecule has 2 N–H and O–H groups in total.